The standard InChI is InChI=1S/C15H14N2O3S2/c1-20-11-7-8-13-14(9-11)21-15(17-13)10-16-22(18,19)12-5-3-2-4-6-12/h2-9,16H,10H2,1H3. The molecular formula is C15H14N2O3S2. The van der Waals surface area contributed by atoms with Crippen molar-refractivity contribution in [1.82, 2.24) is 9.71 Å². The summed E-state index contributed by atoms with van der Waals surface area (Å²) in [6.07, 6.45) is 0. The molecule has 0 bridgehead atoms. The molecule has 114 valence electrons. The number of hydrogen-bond acceptors (Lipinski definition) is 5. The minimum Gasteiger partial charge on any atom is -0.497 e. The minimum atomic E-state index is -3.52. The van der Waals surface area contributed by atoms with Gasteiger partial charge >= 0.3 is 0 Å². The minimum absolute atomic E-state index is 0.166. The zero-order valence-corrected chi connectivity index (χ0v) is 13.4. The largest absolute Gasteiger partial charge is 0.497 e. The summed E-state index contributed by atoms with van der Waals surface area (Å²) < 4.78 is 33.0. The molecule has 0 atom stereocenters. The fourth-order valence-electron chi connectivity index (χ4n) is 1.99. The molecule has 0 aliphatic rings. The van der Waals surface area contributed by atoms with Gasteiger partial charge in [-0.1, -0.05) is 18.2 Å². The molecule has 0 aliphatic heterocycles. The lowest BCUT2D eigenvalue weighted by Crippen LogP contribution is -2.23. The Kier molecular flexibility index (Phi) is 4.10. The SMILES string of the molecule is COc1ccc2nc(CNS(=O)(=O)c3ccccc3)sc2c1. The Balaban J connectivity index is 1.79. The first-order chi connectivity index (χ1) is 10.6. The van der Waals surface area contributed by atoms with E-state index in [4.69, 9.17) is 4.74 Å². The first kappa shape index (κ1) is 15.0. The number of nitrogens with one attached hydrogen (secondary N) is 1. The van der Waals surface area contributed by atoms with Crippen molar-refractivity contribution < 1.29 is 13.2 Å². The second-order valence-electron chi connectivity index (χ2n) is 4.58. The lowest BCUT2D eigenvalue weighted by atomic mass is 10.3. The molecule has 0 unspecified atom stereocenters. The second kappa shape index (κ2) is 6.04. The Morgan fingerprint density at radius 3 is 2.68 bits per heavy atom. The van der Waals surface area contributed by atoms with Gasteiger partial charge in [0.25, 0.3) is 0 Å². The molecule has 0 fully saturated rings. The van der Waals surface area contributed by atoms with Crippen LogP contribution in [0.1, 0.15) is 5.01 Å². The van der Waals surface area contributed by atoms with Crippen molar-refractivity contribution in [2.75, 3.05) is 7.11 Å². The number of fused-ring (bicyclic) bond motifs is 1. The average molecular weight is 334 g/mol. The number of rotatable bonds is 5. The smallest absolute Gasteiger partial charge is 0.240 e. The highest BCUT2D eigenvalue weighted by molar-refractivity contribution is 7.89. The van der Waals surface area contributed by atoms with Crippen LogP contribution in [-0.4, -0.2) is 20.5 Å². The van der Waals surface area contributed by atoms with Crippen molar-refractivity contribution in [3.8, 4) is 5.75 Å². The topological polar surface area (TPSA) is 68.3 Å². The third-order valence-corrected chi connectivity index (χ3v) is 5.54. The fourth-order valence-corrected chi connectivity index (χ4v) is 4.03. The highest BCUT2D eigenvalue weighted by Crippen LogP contribution is 2.26. The van der Waals surface area contributed by atoms with E-state index in [0.717, 1.165) is 16.0 Å². The number of ether oxygens (including phenoxy) is 1. The summed E-state index contributed by atoms with van der Waals surface area (Å²) in [6.45, 7) is 0.166. The van der Waals surface area contributed by atoms with Gasteiger partial charge in [0.15, 0.2) is 0 Å². The van der Waals surface area contributed by atoms with Gasteiger partial charge in [-0.2, -0.15) is 0 Å². The van der Waals surface area contributed by atoms with Crippen molar-refractivity contribution in [3.63, 3.8) is 0 Å². The molecule has 1 aromatic heterocycles. The van der Waals surface area contributed by atoms with Gasteiger partial charge in [0.2, 0.25) is 10.0 Å². The maximum atomic E-state index is 12.2. The lowest BCUT2D eigenvalue weighted by molar-refractivity contribution is 0.415. The van der Waals surface area contributed by atoms with E-state index in [1.807, 2.05) is 18.2 Å². The summed E-state index contributed by atoms with van der Waals surface area (Å²) in [5.74, 6) is 0.757. The molecular weight excluding hydrogens is 320 g/mol. The zero-order valence-electron chi connectivity index (χ0n) is 11.8. The number of benzene rings is 2. The number of aromatic nitrogens is 1. The van der Waals surface area contributed by atoms with E-state index in [1.165, 1.54) is 11.3 Å². The van der Waals surface area contributed by atoms with E-state index >= 15 is 0 Å². The molecule has 0 aliphatic carbocycles. The van der Waals surface area contributed by atoms with E-state index in [9.17, 15) is 8.42 Å². The summed E-state index contributed by atoms with van der Waals surface area (Å²) in [4.78, 5) is 4.67. The van der Waals surface area contributed by atoms with Crippen molar-refractivity contribution in [1.29, 1.82) is 0 Å². The van der Waals surface area contributed by atoms with Gasteiger partial charge in [0, 0.05) is 0 Å². The van der Waals surface area contributed by atoms with E-state index in [1.54, 1.807) is 37.4 Å². The molecule has 0 saturated heterocycles. The van der Waals surface area contributed by atoms with Crippen LogP contribution in [0.2, 0.25) is 0 Å². The highest BCUT2D eigenvalue weighted by atomic mass is 32.2. The quantitative estimate of drug-likeness (QED) is 0.779. The molecule has 3 rings (SSSR count). The Hall–Kier alpha value is -1.96. The number of methoxy groups -OCH3 is 1. The number of nitrogens with zero attached hydrogens (tertiary/aromatic N) is 1. The van der Waals surface area contributed by atoms with Crippen LogP contribution in [0.5, 0.6) is 5.75 Å². The Labute approximate surface area is 132 Å². The Morgan fingerprint density at radius 1 is 1.18 bits per heavy atom. The van der Waals surface area contributed by atoms with Gasteiger partial charge < -0.3 is 4.74 Å². The van der Waals surface area contributed by atoms with Crippen LogP contribution < -0.4 is 9.46 Å². The van der Waals surface area contributed by atoms with Gasteiger partial charge in [-0.3, -0.25) is 0 Å². The molecule has 22 heavy (non-hydrogen) atoms. The molecule has 3 aromatic rings. The van der Waals surface area contributed by atoms with E-state index in [-0.39, 0.29) is 11.4 Å². The molecule has 0 radical (unpaired) electrons. The van der Waals surface area contributed by atoms with Crippen LogP contribution >= 0.6 is 11.3 Å². The van der Waals surface area contributed by atoms with Crippen molar-refractivity contribution in [2.45, 2.75) is 11.4 Å². The highest BCUT2D eigenvalue weighted by Gasteiger charge is 2.14. The summed E-state index contributed by atoms with van der Waals surface area (Å²) in [5, 5.41) is 0.711. The molecule has 0 spiro atoms. The van der Waals surface area contributed by atoms with Crippen LogP contribution in [0, 0.1) is 0 Å². The van der Waals surface area contributed by atoms with E-state index in [0.29, 0.717) is 5.01 Å². The molecule has 1 N–H and O–H groups in total. The van der Waals surface area contributed by atoms with Crippen LogP contribution in [-0.2, 0) is 16.6 Å². The molecule has 1 heterocycles. The van der Waals surface area contributed by atoms with Gasteiger partial charge in [0.05, 0.1) is 28.8 Å². The lowest BCUT2D eigenvalue weighted by Gasteiger charge is -2.04. The third-order valence-electron chi connectivity index (χ3n) is 3.11. The number of sulfonamides is 1. The van der Waals surface area contributed by atoms with Gasteiger partial charge in [0.1, 0.15) is 10.8 Å². The van der Waals surface area contributed by atoms with Gasteiger partial charge in [-0.25, -0.2) is 18.1 Å². The number of hydrogen-bond donors (Lipinski definition) is 1. The first-order valence-corrected chi connectivity index (χ1v) is 8.86. The van der Waals surface area contributed by atoms with Gasteiger partial charge in [-0.05, 0) is 30.3 Å². The van der Waals surface area contributed by atoms with Crippen molar-refractivity contribution in [3.05, 3.63) is 53.5 Å². The third kappa shape index (κ3) is 3.11. The summed E-state index contributed by atoms with van der Waals surface area (Å²) in [6, 6.07) is 13.9. The van der Waals surface area contributed by atoms with E-state index in [2.05, 4.69) is 9.71 Å². The molecule has 7 heteroatoms. The first-order valence-electron chi connectivity index (χ1n) is 6.57. The molecule has 5 nitrogen and oxygen atoms in total. The van der Waals surface area contributed by atoms with Gasteiger partial charge in [-0.15, -0.1) is 11.3 Å². The summed E-state index contributed by atoms with van der Waals surface area (Å²) >= 11 is 1.44. The predicted molar refractivity (Wildman–Crippen MR) is 86.6 cm³/mol. The average Bonchev–Trinajstić information content (AvgIpc) is 2.96. The van der Waals surface area contributed by atoms with Crippen LogP contribution in [0.15, 0.2) is 53.4 Å². The zero-order chi connectivity index (χ0) is 15.6. The molecule has 0 amide bonds. The number of thiazole rings is 1. The summed E-state index contributed by atoms with van der Waals surface area (Å²) in [7, 11) is -1.91. The van der Waals surface area contributed by atoms with E-state index < -0.39 is 10.0 Å². The van der Waals surface area contributed by atoms with Crippen LogP contribution in [0.25, 0.3) is 10.2 Å². The maximum absolute atomic E-state index is 12.2. The Bertz CT molecular complexity index is 890. The van der Waals surface area contributed by atoms with Crippen molar-refractivity contribution in [2.24, 2.45) is 0 Å². The fraction of sp³-hybridized carbons (Fsp3) is 0.133. The van der Waals surface area contributed by atoms with Crippen molar-refractivity contribution >= 4 is 31.6 Å². The Morgan fingerprint density at radius 2 is 1.95 bits per heavy atom. The predicted octanol–water partition coefficient (Wildman–Crippen LogP) is 2.78. The van der Waals surface area contributed by atoms with Crippen LogP contribution in [0.3, 0.4) is 0 Å². The maximum Gasteiger partial charge on any atom is 0.240 e. The van der Waals surface area contributed by atoms with Crippen LogP contribution in [0.4, 0.5) is 0 Å². The monoisotopic (exact) mass is 334 g/mol. The molecule has 0 saturated carbocycles. The second-order valence-corrected chi connectivity index (χ2v) is 7.46. The normalized spacial score (nSPS) is 11.7. The summed E-state index contributed by atoms with van der Waals surface area (Å²) in [5.41, 5.74) is 0.833. The molecule has 2 aromatic carbocycles.